The summed E-state index contributed by atoms with van der Waals surface area (Å²) in [5.74, 6) is 1.24. The molecule has 0 bridgehead atoms. The smallest absolute Gasteiger partial charge is 0.212 e. The molecule has 0 amide bonds. The second-order valence-electron chi connectivity index (χ2n) is 6.09. The van der Waals surface area contributed by atoms with Crippen LogP contribution in [0.4, 0.5) is 9.09 Å². The molecule has 0 unspecified atom stereocenters. The quantitative estimate of drug-likeness (QED) is 0.548. The number of nitrogens with zero attached hydrogens (tertiary/aromatic N) is 2. The van der Waals surface area contributed by atoms with Gasteiger partial charge in [-0.05, 0) is 43.0 Å². The Morgan fingerprint density at radius 1 is 0.739 bits per heavy atom. The Bertz CT molecular complexity index is 383. The van der Waals surface area contributed by atoms with Crippen molar-refractivity contribution in [1.29, 1.82) is 0 Å². The van der Waals surface area contributed by atoms with Crippen LogP contribution in [0.25, 0.3) is 0 Å². The fraction of sp³-hybridized carbons (Fsp3) is 0.474. The van der Waals surface area contributed by atoms with E-state index in [9.17, 15) is 4.39 Å². The van der Waals surface area contributed by atoms with Crippen LogP contribution in [0.5, 0.6) is 0 Å². The highest BCUT2D eigenvalue weighted by atomic mass is 18.2. The molecule has 0 saturated heterocycles. The molecular weight excluding hydrogens is 292 g/mol. The molecule has 2 rings (SSSR count). The van der Waals surface area contributed by atoms with Crippen LogP contribution in [0, 0.1) is 24.7 Å². The van der Waals surface area contributed by atoms with Crippen molar-refractivity contribution >= 4 is 0 Å². The Balaban J connectivity index is -0.000000238. The lowest BCUT2D eigenvalue weighted by Crippen LogP contribution is -1.73. The molecule has 0 atom stereocenters. The van der Waals surface area contributed by atoms with Crippen LogP contribution in [0.1, 0.15) is 47.2 Å². The molecule has 0 aliphatic heterocycles. The van der Waals surface area contributed by atoms with Crippen LogP contribution in [-0.4, -0.2) is 9.97 Å². The molecule has 0 aliphatic rings. The number of hydrogen-bond donors (Lipinski definition) is 0. The molecule has 0 aliphatic carbocycles. The van der Waals surface area contributed by atoms with E-state index in [0.717, 1.165) is 17.5 Å². The number of pyridine rings is 2. The van der Waals surface area contributed by atoms with Crippen molar-refractivity contribution in [2.24, 2.45) is 11.8 Å². The predicted molar refractivity (Wildman–Crippen MR) is 96.7 cm³/mol. The lowest BCUT2D eigenvalue weighted by Gasteiger charge is -1.82. The van der Waals surface area contributed by atoms with Crippen molar-refractivity contribution in [3.8, 4) is 0 Å². The van der Waals surface area contributed by atoms with E-state index >= 15 is 0 Å². The molecular formula is C19H32F2N2. The van der Waals surface area contributed by atoms with E-state index in [4.69, 9.17) is 0 Å². The van der Waals surface area contributed by atoms with Gasteiger partial charge >= 0.3 is 0 Å². The summed E-state index contributed by atoms with van der Waals surface area (Å²) in [6.45, 7) is 15.0. The van der Waals surface area contributed by atoms with Gasteiger partial charge in [0.1, 0.15) is 0 Å². The first-order valence-corrected chi connectivity index (χ1v) is 7.69. The molecule has 2 heterocycles. The normalized spacial score (nSPS) is 8.43. The highest BCUT2D eigenvalue weighted by molar-refractivity contribution is 4.99. The van der Waals surface area contributed by atoms with Crippen molar-refractivity contribution in [3.05, 3.63) is 60.4 Å². The van der Waals surface area contributed by atoms with E-state index in [1.165, 1.54) is 12.3 Å². The summed E-state index contributed by atoms with van der Waals surface area (Å²) in [7, 11) is 0. The van der Waals surface area contributed by atoms with Crippen molar-refractivity contribution in [3.63, 3.8) is 0 Å². The summed E-state index contributed by atoms with van der Waals surface area (Å²) in [4.78, 5) is 7.29. The summed E-state index contributed by atoms with van der Waals surface area (Å²) in [6.07, 6.45) is 3.20. The Morgan fingerprint density at radius 3 is 1.26 bits per heavy atom. The van der Waals surface area contributed by atoms with Crippen LogP contribution < -0.4 is 0 Å². The molecule has 23 heavy (non-hydrogen) atoms. The van der Waals surface area contributed by atoms with Gasteiger partial charge in [-0.1, -0.05) is 53.7 Å². The van der Waals surface area contributed by atoms with E-state index in [-0.39, 0.29) is 4.70 Å². The zero-order chi connectivity index (χ0) is 17.4. The second-order valence-corrected chi connectivity index (χ2v) is 6.09. The largest absolute Gasteiger partial charge is 0.269 e. The molecule has 0 aromatic carbocycles. The maximum atomic E-state index is 11.8. The van der Waals surface area contributed by atoms with Gasteiger partial charge in [0.05, 0.1) is 0 Å². The summed E-state index contributed by atoms with van der Waals surface area (Å²) in [5, 5.41) is 0. The highest BCUT2D eigenvalue weighted by Crippen LogP contribution is 1.86. The van der Waals surface area contributed by atoms with Crippen LogP contribution >= 0.6 is 0 Å². The fourth-order valence-electron chi connectivity index (χ4n) is 0.790. The molecule has 2 nitrogen and oxygen atoms in total. The maximum absolute atomic E-state index is 11.8. The number of halogens is 2. The van der Waals surface area contributed by atoms with Gasteiger partial charge in [0.2, 0.25) is 5.95 Å². The third-order valence-electron chi connectivity index (χ3n) is 1.44. The van der Waals surface area contributed by atoms with E-state index in [0.29, 0.717) is 0 Å². The van der Waals surface area contributed by atoms with E-state index < -0.39 is 5.95 Å². The summed E-state index contributed by atoms with van der Waals surface area (Å²) in [5.41, 5.74) is 1.07. The highest BCUT2D eigenvalue weighted by Gasteiger charge is 1.78. The average molecular weight is 324 g/mol. The van der Waals surface area contributed by atoms with Crippen LogP contribution in [0.3, 0.4) is 0 Å². The van der Waals surface area contributed by atoms with Gasteiger partial charge in [0.25, 0.3) is 0 Å². The molecule has 0 spiro atoms. The minimum absolute atomic E-state index is 0. The third kappa shape index (κ3) is 33.2. The van der Waals surface area contributed by atoms with Crippen molar-refractivity contribution in [1.82, 2.24) is 9.97 Å². The van der Waals surface area contributed by atoms with Crippen LogP contribution in [0.15, 0.2) is 48.8 Å². The first kappa shape index (κ1) is 26.1. The van der Waals surface area contributed by atoms with E-state index in [2.05, 4.69) is 51.5 Å². The summed E-state index contributed by atoms with van der Waals surface area (Å²) < 4.78 is 11.8. The van der Waals surface area contributed by atoms with Gasteiger partial charge in [-0.25, -0.2) is 4.98 Å². The molecule has 0 fully saturated rings. The summed E-state index contributed by atoms with van der Waals surface area (Å²) in [6, 6.07) is 10.4. The number of hydrogen-bond acceptors (Lipinski definition) is 2. The molecule has 2 aromatic heterocycles. The Labute approximate surface area is 140 Å². The van der Waals surface area contributed by atoms with E-state index in [1.54, 1.807) is 18.3 Å². The van der Waals surface area contributed by atoms with Gasteiger partial charge in [-0.2, -0.15) is 4.39 Å². The SMILES string of the molecule is CC(C)C.CC(C)C.Cc1ccccn1.[18FH].[18F]c1ccccn1. The standard InChI is InChI=1S/C6H7N.C5H4FN.2C4H10.FH/c1-6-4-2-3-5-7-6;6-5-3-1-2-4-7-5;2*1-4(2)3;/h2-5H,1H3;1-4H;2*4H,1-3H3;1H/i;6-1;;;1-1. The van der Waals surface area contributed by atoms with Crippen molar-refractivity contribution < 1.29 is 9.09 Å². The van der Waals surface area contributed by atoms with Gasteiger partial charge in [-0.15, -0.1) is 0 Å². The first-order valence-electron chi connectivity index (χ1n) is 7.69. The van der Waals surface area contributed by atoms with Gasteiger partial charge in [0, 0.05) is 18.1 Å². The zero-order valence-electron chi connectivity index (χ0n) is 15.5. The fourth-order valence-corrected chi connectivity index (χ4v) is 0.790. The van der Waals surface area contributed by atoms with Crippen molar-refractivity contribution in [2.45, 2.75) is 48.5 Å². The molecule has 132 valence electrons. The van der Waals surface area contributed by atoms with E-state index in [1.807, 2.05) is 25.1 Å². The lowest BCUT2D eigenvalue weighted by molar-refractivity contribution is 0.584. The maximum Gasteiger partial charge on any atom is 0.212 e. The zero-order valence-corrected chi connectivity index (χ0v) is 15.5. The minimum atomic E-state index is -0.428. The first-order chi connectivity index (χ1) is 10.3. The molecule has 0 saturated carbocycles. The van der Waals surface area contributed by atoms with Crippen molar-refractivity contribution in [2.75, 3.05) is 0 Å². The monoisotopic (exact) mass is 324 g/mol. The second kappa shape index (κ2) is 18.2. The van der Waals surface area contributed by atoms with Gasteiger partial charge in [-0.3, -0.25) is 9.69 Å². The lowest BCUT2D eigenvalue weighted by atomic mass is 10.3. The molecule has 2 aromatic rings. The van der Waals surface area contributed by atoms with Crippen LogP contribution in [0.2, 0.25) is 0 Å². The third-order valence-corrected chi connectivity index (χ3v) is 1.44. The Morgan fingerprint density at radius 2 is 1.13 bits per heavy atom. The summed E-state index contributed by atoms with van der Waals surface area (Å²) >= 11 is 0. The molecule has 0 N–H and O–H groups in total. The number of aromatic nitrogens is 2. The predicted octanol–water partition coefficient (Wildman–Crippen LogP) is 6.09. The number of rotatable bonds is 0. The Hall–Kier alpha value is -1.84. The number of aryl methyl sites for hydroxylation is 1. The average Bonchev–Trinajstić information content (AvgIpc) is 2.40. The topological polar surface area (TPSA) is 25.8 Å². The molecule has 0 radical (unpaired) electrons. The molecule has 4 heteroatoms. The van der Waals surface area contributed by atoms with Gasteiger partial charge in [0.15, 0.2) is 0 Å². The minimum Gasteiger partial charge on any atom is -0.269 e. The van der Waals surface area contributed by atoms with Gasteiger partial charge < -0.3 is 0 Å². The Kier molecular flexibility index (Phi) is 20.6. The van der Waals surface area contributed by atoms with Crippen LogP contribution in [-0.2, 0) is 0 Å².